The average Bonchev–Trinajstić information content (AvgIpc) is 2.17. The van der Waals surface area contributed by atoms with Crippen molar-refractivity contribution >= 4 is 5.91 Å². The molecule has 1 fully saturated rings. The molecule has 0 saturated carbocycles. The van der Waals surface area contributed by atoms with Crippen LogP contribution in [0.2, 0.25) is 0 Å². The maximum atomic E-state index is 11.3. The van der Waals surface area contributed by atoms with E-state index in [2.05, 4.69) is 6.92 Å². The van der Waals surface area contributed by atoms with Crippen molar-refractivity contribution in [2.75, 3.05) is 13.1 Å². The third kappa shape index (κ3) is 2.23. The molecule has 0 aliphatic carbocycles. The van der Waals surface area contributed by atoms with Crippen LogP contribution in [-0.2, 0) is 4.79 Å². The highest BCUT2D eigenvalue weighted by atomic mass is 16.2. The van der Waals surface area contributed by atoms with Crippen molar-refractivity contribution in [3.63, 3.8) is 0 Å². The van der Waals surface area contributed by atoms with Gasteiger partial charge in [-0.3, -0.25) is 4.79 Å². The molecule has 69 valence electrons. The van der Waals surface area contributed by atoms with E-state index in [1.54, 1.807) is 0 Å². The van der Waals surface area contributed by atoms with Crippen LogP contribution in [0.4, 0.5) is 0 Å². The van der Waals surface area contributed by atoms with Gasteiger partial charge in [-0.05, 0) is 18.8 Å². The lowest BCUT2D eigenvalue weighted by Gasteiger charge is -2.31. The zero-order valence-corrected chi connectivity index (χ0v) is 7.88. The van der Waals surface area contributed by atoms with Crippen molar-refractivity contribution in [2.24, 2.45) is 5.92 Å². The zero-order chi connectivity index (χ0) is 8.97. The first-order chi connectivity index (χ1) is 5.77. The fourth-order valence-electron chi connectivity index (χ4n) is 1.69. The van der Waals surface area contributed by atoms with Crippen LogP contribution in [0, 0.1) is 12.8 Å². The molecule has 1 amide bonds. The smallest absolute Gasteiger partial charge is 0.222 e. The van der Waals surface area contributed by atoms with Gasteiger partial charge in [-0.2, -0.15) is 0 Å². The zero-order valence-electron chi connectivity index (χ0n) is 7.88. The number of hydrogen-bond acceptors (Lipinski definition) is 1. The summed E-state index contributed by atoms with van der Waals surface area (Å²) in [6.07, 6.45) is 3.97. The van der Waals surface area contributed by atoms with Crippen LogP contribution in [0.25, 0.3) is 0 Å². The van der Waals surface area contributed by atoms with Gasteiger partial charge in [0.1, 0.15) is 0 Å². The topological polar surface area (TPSA) is 20.3 Å². The number of hydrogen-bond donors (Lipinski definition) is 0. The van der Waals surface area contributed by atoms with E-state index in [9.17, 15) is 4.79 Å². The second kappa shape index (κ2) is 4.48. The molecule has 0 aromatic carbocycles. The molecule has 0 spiro atoms. The molecule has 2 nitrogen and oxygen atoms in total. The van der Waals surface area contributed by atoms with E-state index in [1.807, 2.05) is 11.8 Å². The lowest BCUT2D eigenvalue weighted by molar-refractivity contribution is -0.132. The molecule has 1 radical (unpaired) electrons. The predicted octanol–water partition coefficient (Wildman–Crippen LogP) is 1.86. The fraction of sp³-hybridized carbons (Fsp3) is 0.800. The minimum absolute atomic E-state index is 0.303. The van der Waals surface area contributed by atoms with Crippen molar-refractivity contribution < 1.29 is 4.79 Å². The van der Waals surface area contributed by atoms with Gasteiger partial charge < -0.3 is 4.90 Å². The Morgan fingerprint density at radius 1 is 1.50 bits per heavy atom. The highest BCUT2D eigenvalue weighted by molar-refractivity contribution is 5.75. The van der Waals surface area contributed by atoms with Crippen molar-refractivity contribution in [1.82, 2.24) is 4.90 Å². The minimum Gasteiger partial charge on any atom is -0.343 e. The summed E-state index contributed by atoms with van der Waals surface area (Å²) in [6.45, 7) is 7.72. The molecule has 2 heteroatoms. The van der Waals surface area contributed by atoms with Crippen molar-refractivity contribution in [3.05, 3.63) is 6.92 Å². The summed E-state index contributed by atoms with van der Waals surface area (Å²) in [7, 11) is 0. The van der Waals surface area contributed by atoms with Crippen LogP contribution in [0.3, 0.4) is 0 Å². The molecule has 1 aliphatic heterocycles. The second-order valence-corrected chi connectivity index (χ2v) is 3.47. The standard InChI is InChI=1S/C10H18NO/c1-3-9-5-7-11(8-6-9)10(12)4-2/h9H,1,3-8H2,2H3. The maximum Gasteiger partial charge on any atom is 0.222 e. The van der Waals surface area contributed by atoms with Crippen molar-refractivity contribution in [3.8, 4) is 0 Å². The molecule has 1 heterocycles. The third-order valence-electron chi connectivity index (χ3n) is 2.68. The van der Waals surface area contributed by atoms with E-state index < -0.39 is 0 Å². The number of amides is 1. The molecule has 0 atom stereocenters. The summed E-state index contributed by atoms with van der Waals surface area (Å²) < 4.78 is 0. The Bertz CT molecular complexity index is 148. The van der Waals surface area contributed by atoms with E-state index >= 15 is 0 Å². The third-order valence-corrected chi connectivity index (χ3v) is 2.68. The van der Waals surface area contributed by atoms with Crippen LogP contribution in [0.1, 0.15) is 32.6 Å². The normalized spacial score (nSPS) is 19.7. The highest BCUT2D eigenvalue weighted by Gasteiger charge is 2.19. The van der Waals surface area contributed by atoms with E-state index in [0.717, 1.165) is 38.3 Å². The number of nitrogens with zero attached hydrogens (tertiary/aromatic N) is 1. The average molecular weight is 168 g/mol. The Kier molecular flexibility index (Phi) is 3.57. The summed E-state index contributed by atoms with van der Waals surface area (Å²) >= 11 is 0. The fourth-order valence-corrected chi connectivity index (χ4v) is 1.69. The van der Waals surface area contributed by atoms with Gasteiger partial charge in [0.2, 0.25) is 5.91 Å². The molecule has 0 aromatic heterocycles. The molecule has 1 rings (SSSR count). The number of piperidine rings is 1. The van der Waals surface area contributed by atoms with Gasteiger partial charge in [0.15, 0.2) is 0 Å². The summed E-state index contributed by atoms with van der Waals surface area (Å²) in [5.41, 5.74) is 0. The van der Waals surface area contributed by atoms with Gasteiger partial charge in [-0.25, -0.2) is 0 Å². The van der Waals surface area contributed by atoms with Gasteiger partial charge in [0, 0.05) is 19.5 Å². The van der Waals surface area contributed by atoms with E-state index in [1.165, 1.54) is 0 Å². The second-order valence-electron chi connectivity index (χ2n) is 3.47. The van der Waals surface area contributed by atoms with Gasteiger partial charge >= 0.3 is 0 Å². The Balaban J connectivity index is 2.30. The summed E-state index contributed by atoms with van der Waals surface area (Å²) in [6, 6.07) is 0. The lowest BCUT2D eigenvalue weighted by atomic mass is 9.94. The number of likely N-dealkylation sites (tertiary alicyclic amines) is 1. The molecule has 1 aliphatic rings. The maximum absolute atomic E-state index is 11.3. The van der Waals surface area contributed by atoms with Crippen LogP contribution in [0.15, 0.2) is 0 Å². The Morgan fingerprint density at radius 3 is 2.50 bits per heavy atom. The van der Waals surface area contributed by atoms with Crippen molar-refractivity contribution in [2.45, 2.75) is 32.6 Å². The number of rotatable bonds is 2. The summed E-state index contributed by atoms with van der Waals surface area (Å²) in [4.78, 5) is 13.3. The molecule has 12 heavy (non-hydrogen) atoms. The van der Waals surface area contributed by atoms with Crippen LogP contribution in [0.5, 0.6) is 0 Å². The van der Waals surface area contributed by atoms with Crippen molar-refractivity contribution in [1.29, 1.82) is 0 Å². The first kappa shape index (κ1) is 9.56. The number of carbonyl (C=O) groups is 1. The first-order valence-corrected chi connectivity index (χ1v) is 4.85. The van der Waals surface area contributed by atoms with Gasteiger partial charge in [-0.15, -0.1) is 0 Å². The SMILES string of the molecule is [CH2]CC1CCN(C(=O)CC)CC1. The molecular weight excluding hydrogens is 150 g/mol. The summed E-state index contributed by atoms with van der Waals surface area (Å²) in [5, 5.41) is 0. The monoisotopic (exact) mass is 168 g/mol. The Labute approximate surface area is 74.9 Å². The molecule has 0 aromatic rings. The molecule has 1 saturated heterocycles. The molecule has 0 bridgehead atoms. The van der Waals surface area contributed by atoms with Crippen LogP contribution < -0.4 is 0 Å². The van der Waals surface area contributed by atoms with Crippen LogP contribution >= 0.6 is 0 Å². The Hall–Kier alpha value is -0.530. The van der Waals surface area contributed by atoms with Crippen LogP contribution in [-0.4, -0.2) is 23.9 Å². The first-order valence-electron chi connectivity index (χ1n) is 4.85. The quantitative estimate of drug-likeness (QED) is 0.616. The van der Waals surface area contributed by atoms with E-state index in [-0.39, 0.29) is 0 Å². The molecular formula is C10H18NO. The van der Waals surface area contributed by atoms with E-state index in [0.29, 0.717) is 12.3 Å². The van der Waals surface area contributed by atoms with Gasteiger partial charge in [-0.1, -0.05) is 20.3 Å². The Morgan fingerprint density at radius 2 is 2.08 bits per heavy atom. The largest absolute Gasteiger partial charge is 0.343 e. The number of carbonyl (C=O) groups excluding carboxylic acids is 1. The van der Waals surface area contributed by atoms with Gasteiger partial charge in [0.25, 0.3) is 0 Å². The lowest BCUT2D eigenvalue weighted by Crippen LogP contribution is -2.37. The van der Waals surface area contributed by atoms with E-state index in [4.69, 9.17) is 0 Å². The molecule has 0 N–H and O–H groups in total. The molecule has 0 unspecified atom stereocenters. The highest BCUT2D eigenvalue weighted by Crippen LogP contribution is 2.19. The van der Waals surface area contributed by atoms with Gasteiger partial charge in [0.05, 0.1) is 0 Å². The predicted molar refractivity (Wildman–Crippen MR) is 49.6 cm³/mol. The minimum atomic E-state index is 0.303. The summed E-state index contributed by atoms with van der Waals surface area (Å²) in [5.74, 6) is 1.06.